The van der Waals surface area contributed by atoms with Crippen molar-refractivity contribution in [2.75, 3.05) is 0 Å². The molecule has 0 saturated heterocycles. The molecule has 0 N–H and O–H groups in total. The summed E-state index contributed by atoms with van der Waals surface area (Å²) < 4.78 is 5.72. The van der Waals surface area contributed by atoms with Crippen LogP contribution in [0.4, 0.5) is 0 Å². The summed E-state index contributed by atoms with van der Waals surface area (Å²) in [4.78, 5) is 10.9. The van der Waals surface area contributed by atoms with Crippen LogP contribution >= 0.6 is 0 Å². The second-order valence-corrected chi connectivity index (χ2v) is 4.11. The van der Waals surface area contributed by atoms with Gasteiger partial charge in [-0.25, -0.2) is 0 Å². The van der Waals surface area contributed by atoms with Crippen LogP contribution in [0, 0.1) is 0 Å². The molecule has 0 fully saturated rings. The van der Waals surface area contributed by atoms with E-state index in [1.165, 1.54) is 5.56 Å². The smallest absolute Gasteiger partial charge is 0.150 e. The first-order valence-electron chi connectivity index (χ1n) is 6.08. The van der Waals surface area contributed by atoms with Crippen LogP contribution in [-0.2, 0) is 13.0 Å². The van der Waals surface area contributed by atoms with Crippen molar-refractivity contribution < 1.29 is 9.53 Å². The third-order valence-electron chi connectivity index (χ3n) is 2.88. The number of hydrogen-bond donors (Lipinski definition) is 0. The second-order valence-electron chi connectivity index (χ2n) is 4.11. The molecule has 0 aliphatic rings. The van der Waals surface area contributed by atoms with Crippen LogP contribution in [0.3, 0.4) is 0 Å². The summed E-state index contributed by atoms with van der Waals surface area (Å²) in [6.45, 7) is 2.53. The minimum Gasteiger partial charge on any atom is -0.489 e. The Kier molecular flexibility index (Phi) is 4.13. The largest absolute Gasteiger partial charge is 0.489 e. The molecule has 0 unspecified atom stereocenters. The molecule has 2 nitrogen and oxygen atoms in total. The van der Waals surface area contributed by atoms with Crippen LogP contribution in [0.1, 0.15) is 28.4 Å². The van der Waals surface area contributed by atoms with Crippen LogP contribution in [-0.4, -0.2) is 6.29 Å². The molecule has 2 aromatic carbocycles. The number of aryl methyl sites for hydroxylation is 1. The van der Waals surface area contributed by atoms with E-state index in [1.807, 2.05) is 36.4 Å². The van der Waals surface area contributed by atoms with Gasteiger partial charge in [0.2, 0.25) is 0 Å². The maximum absolute atomic E-state index is 10.9. The van der Waals surface area contributed by atoms with Crippen molar-refractivity contribution in [1.29, 1.82) is 0 Å². The Labute approximate surface area is 107 Å². The van der Waals surface area contributed by atoms with Gasteiger partial charge in [-0.1, -0.05) is 43.3 Å². The van der Waals surface area contributed by atoms with Gasteiger partial charge in [-0.2, -0.15) is 0 Å². The highest BCUT2D eigenvalue weighted by Crippen LogP contribution is 2.16. The summed E-state index contributed by atoms with van der Waals surface area (Å²) in [5, 5.41) is 0. The summed E-state index contributed by atoms with van der Waals surface area (Å²) >= 11 is 0. The minimum atomic E-state index is 0.419. The number of rotatable bonds is 5. The maximum atomic E-state index is 10.9. The van der Waals surface area contributed by atoms with E-state index in [0.29, 0.717) is 12.2 Å². The number of hydrogen-bond acceptors (Lipinski definition) is 2. The number of carbonyl (C=O) groups excluding carboxylic acids is 1. The average molecular weight is 240 g/mol. The molecular weight excluding hydrogens is 224 g/mol. The van der Waals surface area contributed by atoms with E-state index >= 15 is 0 Å². The Hall–Kier alpha value is -2.09. The van der Waals surface area contributed by atoms with Crippen LogP contribution in [0.15, 0.2) is 48.5 Å². The minimum absolute atomic E-state index is 0.419. The topological polar surface area (TPSA) is 26.3 Å². The van der Waals surface area contributed by atoms with E-state index in [9.17, 15) is 4.79 Å². The zero-order chi connectivity index (χ0) is 12.8. The molecule has 0 bridgehead atoms. The van der Waals surface area contributed by atoms with Crippen LogP contribution in [0.25, 0.3) is 0 Å². The Balaban J connectivity index is 2.08. The number of carbonyl (C=O) groups is 1. The highest BCUT2D eigenvalue weighted by Gasteiger charge is 2.02. The molecule has 0 saturated carbocycles. The Bertz CT molecular complexity index is 532. The lowest BCUT2D eigenvalue weighted by atomic mass is 10.1. The lowest BCUT2D eigenvalue weighted by Crippen LogP contribution is -1.99. The summed E-state index contributed by atoms with van der Waals surface area (Å²) in [5.74, 6) is 0.843. The fourth-order valence-electron chi connectivity index (χ4n) is 1.80. The Morgan fingerprint density at radius 2 is 1.94 bits per heavy atom. The van der Waals surface area contributed by atoms with Gasteiger partial charge in [0, 0.05) is 5.56 Å². The average Bonchev–Trinajstić information content (AvgIpc) is 2.45. The predicted octanol–water partition coefficient (Wildman–Crippen LogP) is 3.64. The van der Waals surface area contributed by atoms with E-state index in [4.69, 9.17) is 4.74 Å². The van der Waals surface area contributed by atoms with Crippen molar-refractivity contribution in [2.45, 2.75) is 20.0 Å². The number of ether oxygens (including phenoxy) is 1. The summed E-state index contributed by atoms with van der Waals surface area (Å²) in [6, 6.07) is 15.5. The van der Waals surface area contributed by atoms with Gasteiger partial charge in [0.15, 0.2) is 0 Å². The second kappa shape index (κ2) is 6.01. The SMILES string of the molecule is CCc1cccc(OCc2ccccc2C=O)c1. The maximum Gasteiger partial charge on any atom is 0.150 e. The van der Waals surface area contributed by atoms with Gasteiger partial charge in [0.1, 0.15) is 18.6 Å². The first-order valence-corrected chi connectivity index (χ1v) is 6.08. The van der Waals surface area contributed by atoms with Crippen molar-refractivity contribution in [3.05, 3.63) is 65.2 Å². The van der Waals surface area contributed by atoms with Gasteiger partial charge in [-0.15, -0.1) is 0 Å². The first kappa shape index (κ1) is 12.4. The standard InChI is InChI=1S/C16H16O2/c1-2-13-6-5-9-16(10-13)18-12-15-8-4-3-7-14(15)11-17/h3-11H,2,12H2,1H3. The van der Waals surface area contributed by atoms with Gasteiger partial charge in [0.25, 0.3) is 0 Å². The van der Waals surface area contributed by atoms with Crippen LogP contribution in [0.2, 0.25) is 0 Å². The summed E-state index contributed by atoms with van der Waals surface area (Å²) in [5.41, 5.74) is 2.84. The first-order chi connectivity index (χ1) is 8.83. The lowest BCUT2D eigenvalue weighted by molar-refractivity contribution is 0.112. The van der Waals surface area contributed by atoms with Crippen molar-refractivity contribution in [2.24, 2.45) is 0 Å². The molecule has 0 atom stereocenters. The molecule has 0 aromatic heterocycles. The van der Waals surface area contributed by atoms with E-state index in [0.717, 1.165) is 24.0 Å². The van der Waals surface area contributed by atoms with Gasteiger partial charge < -0.3 is 4.74 Å². The monoisotopic (exact) mass is 240 g/mol. The Morgan fingerprint density at radius 1 is 1.11 bits per heavy atom. The highest BCUT2D eigenvalue weighted by atomic mass is 16.5. The quantitative estimate of drug-likeness (QED) is 0.746. The number of benzene rings is 2. The molecule has 2 aromatic rings. The highest BCUT2D eigenvalue weighted by molar-refractivity contribution is 5.77. The summed E-state index contributed by atoms with van der Waals surface area (Å²) in [6.07, 6.45) is 1.85. The molecular formula is C16H16O2. The Morgan fingerprint density at radius 3 is 2.72 bits per heavy atom. The van der Waals surface area contributed by atoms with Crippen molar-refractivity contribution >= 4 is 6.29 Å². The van der Waals surface area contributed by atoms with Gasteiger partial charge in [-0.3, -0.25) is 4.79 Å². The molecule has 0 amide bonds. The fourth-order valence-corrected chi connectivity index (χ4v) is 1.80. The molecule has 2 rings (SSSR count). The molecule has 0 heterocycles. The van der Waals surface area contributed by atoms with Crippen LogP contribution < -0.4 is 4.74 Å². The fraction of sp³-hybridized carbons (Fsp3) is 0.188. The van der Waals surface area contributed by atoms with Crippen molar-refractivity contribution in [1.82, 2.24) is 0 Å². The molecule has 0 aliphatic heterocycles. The molecule has 0 spiro atoms. The van der Waals surface area contributed by atoms with E-state index in [2.05, 4.69) is 13.0 Å². The molecule has 0 radical (unpaired) electrons. The summed E-state index contributed by atoms with van der Waals surface area (Å²) in [7, 11) is 0. The normalized spacial score (nSPS) is 10.1. The van der Waals surface area contributed by atoms with Crippen LogP contribution in [0.5, 0.6) is 5.75 Å². The third kappa shape index (κ3) is 2.98. The molecule has 0 aliphatic carbocycles. The van der Waals surface area contributed by atoms with E-state index < -0.39 is 0 Å². The zero-order valence-electron chi connectivity index (χ0n) is 10.4. The number of aldehydes is 1. The predicted molar refractivity (Wildman–Crippen MR) is 72.0 cm³/mol. The van der Waals surface area contributed by atoms with E-state index in [1.54, 1.807) is 6.07 Å². The lowest BCUT2D eigenvalue weighted by Gasteiger charge is -2.09. The zero-order valence-corrected chi connectivity index (χ0v) is 10.4. The molecule has 2 heteroatoms. The van der Waals surface area contributed by atoms with Crippen molar-refractivity contribution in [3.63, 3.8) is 0 Å². The van der Waals surface area contributed by atoms with Gasteiger partial charge >= 0.3 is 0 Å². The molecule has 18 heavy (non-hydrogen) atoms. The molecule has 92 valence electrons. The van der Waals surface area contributed by atoms with Gasteiger partial charge in [0.05, 0.1) is 0 Å². The van der Waals surface area contributed by atoms with Crippen molar-refractivity contribution in [3.8, 4) is 5.75 Å². The third-order valence-corrected chi connectivity index (χ3v) is 2.88. The van der Waals surface area contributed by atoms with E-state index in [-0.39, 0.29) is 0 Å². The van der Waals surface area contributed by atoms with Gasteiger partial charge in [-0.05, 0) is 29.7 Å².